The Morgan fingerprint density at radius 3 is 2.74 bits per heavy atom. The van der Waals surface area contributed by atoms with Gasteiger partial charge in [-0.05, 0) is 18.9 Å². The fourth-order valence-electron chi connectivity index (χ4n) is 2.95. The quantitative estimate of drug-likeness (QED) is 0.480. The van der Waals surface area contributed by atoms with Gasteiger partial charge in [0.15, 0.2) is 11.5 Å². The second-order valence-electron chi connectivity index (χ2n) is 6.41. The van der Waals surface area contributed by atoms with E-state index in [2.05, 4.69) is 42.7 Å². The third-order valence-corrected chi connectivity index (χ3v) is 4.40. The van der Waals surface area contributed by atoms with E-state index < -0.39 is 0 Å². The topological polar surface area (TPSA) is 117 Å². The summed E-state index contributed by atoms with van der Waals surface area (Å²) in [6, 6.07) is 10.0. The van der Waals surface area contributed by atoms with Gasteiger partial charge in [-0.25, -0.2) is 19.9 Å². The molecule has 0 spiro atoms. The van der Waals surface area contributed by atoms with Gasteiger partial charge in [-0.15, -0.1) is 0 Å². The van der Waals surface area contributed by atoms with E-state index in [1.54, 1.807) is 10.9 Å². The van der Waals surface area contributed by atoms with E-state index in [-0.39, 0.29) is 11.7 Å². The lowest BCUT2D eigenvalue weighted by Crippen LogP contribution is -2.13. The number of rotatable bonds is 6. The van der Waals surface area contributed by atoms with Gasteiger partial charge in [-0.2, -0.15) is 10.2 Å². The van der Waals surface area contributed by atoms with E-state index >= 15 is 0 Å². The smallest absolute Gasteiger partial charge is 0.340 e. The van der Waals surface area contributed by atoms with Crippen molar-refractivity contribution in [2.24, 2.45) is 7.05 Å². The van der Waals surface area contributed by atoms with Crippen molar-refractivity contribution in [3.05, 3.63) is 64.2 Å². The second-order valence-corrected chi connectivity index (χ2v) is 6.41. The van der Waals surface area contributed by atoms with Crippen LogP contribution in [-0.2, 0) is 19.9 Å². The summed E-state index contributed by atoms with van der Waals surface area (Å²) in [6.45, 7) is 1.90. The molecule has 0 saturated heterocycles. The number of benzene rings is 1. The fourth-order valence-corrected chi connectivity index (χ4v) is 2.95. The van der Waals surface area contributed by atoms with E-state index in [4.69, 9.17) is 4.98 Å². The van der Waals surface area contributed by atoms with Crippen LogP contribution in [0.5, 0.6) is 0 Å². The number of aromatic amines is 2. The number of H-pyrrole nitrogens is 2. The Kier molecular flexibility index (Phi) is 4.41. The van der Waals surface area contributed by atoms with Gasteiger partial charge in [-0.3, -0.25) is 9.67 Å². The third kappa shape index (κ3) is 3.57. The lowest BCUT2D eigenvalue weighted by Gasteiger charge is -2.13. The summed E-state index contributed by atoms with van der Waals surface area (Å²) in [5.41, 5.74) is 1.66. The highest BCUT2D eigenvalue weighted by Gasteiger charge is 2.16. The van der Waals surface area contributed by atoms with Crippen LogP contribution in [-0.4, -0.2) is 34.9 Å². The molecule has 27 heavy (non-hydrogen) atoms. The van der Waals surface area contributed by atoms with E-state index in [0.29, 0.717) is 18.1 Å². The van der Waals surface area contributed by atoms with Gasteiger partial charge >= 0.3 is 5.69 Å². The van der Waals surface area contributed by atoms with Gasteiger partial charge in [0.1, 0.15) is 11.6 Å². The summed E-state index contributed by atoms with van der Waals surface area (Å²) in [4.78, 5) is 23.3. The maximum Gasteiger partial charge on any atom is 0.340 e. The van der Waals surface area contributed by atoms with Gasteiger partial charge in [0, 0.05) is 13.5 Å². The Bertz CT molecular complexity index is 1110. The molecule has 4 aromatic rings. The molecule has 0 fully saturated rings. The van der Waals surface area contributed by atoms with Crippen molar-refractivity contribution in [2.45, 2.75) is 25.8 Å². The summed E-state index contributed by atoms with van der Waals surface area (Å²) < 4.78 is 1.73. The van der Waals surface area contributed by atoms with Gasteiger partial charge in [-0.1, -0.05) is 30.3 Å². The molecular formula is C18H20N8O. The van der Waals surface area contributed by atoms with E-state index in [1.165, 1.54) is 5.56 Å². The molecule has 1 aromatic carbocycles. The van der Waals surface area contributed by atoms with Crippen molar-refractivity contribution in [2.75, 3.05) is 5.32 Å². The molecule has 0 aliphatic heterocycles. The van der Waals surface area contributed by atoms with Crippen LogP contribution in [0.4, 0.5) is 5.82 Å². The zero-order valence-electron chi connectivity index (χ0n) is 15.1. The number of hydrogen-bond donors (Lipinski definition) is 3. The Hall–Kier alpha value is -3.49. The fraction of sp³-hybridized carbons (Fsp3) is 0.278. The molecular weight excluding hydrogens is 344 g/mol. The molecule has 1 atom stereocenters. The first kappa shape index (κ1) is 17.0. The Morgan fingerprint density at radius 2 is 2.00 bits per heavy atom. The molecule has 9 heteroatoms. The maximum atomic E-state index is 11.3. The van der Waals surface area contributed by atoms with E-state index in [0.717, 1.165) is 23.3 Å². The lowest BCUT2D eigenvalue weighted by atomic mass is 10.1. The standard InChI is InChI=1S/C18H20N8O/c1-11(15-23-18(27)25-24-15)20-16-13-10-19-26(2)17(13)22-14(21-16)9-8-12-6-4-3-5-7-12/h3-7,10-11H,8-9H2,1-2H3,(H,20,21,22)(H2,23,24,25,27). The number of aryl methyl sites for hydroxylation is 3. The predicted molar refractivity (Wildman–Crippen MR) is 101 cm³/mol. The average Bonchev–Trinajstić information content (AvgIpc) is 3.27. The first-order valence-electron chi connectivity index (χ1n) is 8.74. The van der Waals surface area contributed by atoms with Crippen molar-refractivity contribution in [3.8, 4) is 0 Å². The second kappa shape index (κ2) is 7.02. The van der Waals surface area contributed by atoms with Crippen LogP contribution >= 0.6 is 0 Å². The number of aromatic nitrogens is 7. The zero-order valence-corrected chi connectivity index (χ0v) is 15.1. The monoisotopic (exact) mass is 364 g/mol. The molecule has 1 unspecified atom stereocenters. The molecule has 0 bridgehead atoms. The van der Waals surface area contributed by atoms with Gasteiger partial charge in [0.2, 0.25) is 0 Å². The largest absolute Gasteiger partial charge is 0.360 e. The SMILES string of the molecule is CC(Nc1nc(CCc2ccccc2)nc2c1cnn2C)c1n[nH]c(=O)[nH]1. The van der Waals surface area contributed by atoms with Crippen LogP contribution in [0.3, 0.4) is 0 Å². The molecule has 9 nitrogen and oxygen atoms in total. The summed E-state index contributed by atoms with van der Waals surface area (Å²) in [6.07, 6.45) is 3.30. The molecule has 138 valence electrons. The highest BCUT2D eigenvalue weighted by molar-refractivity contribution is 5.86. The molecule has 3 N–H and O–H groups in total. The molecule has 3 aromatic heterocycles. The molecule has 0 amide bonds. The summed E-state index contributed by atoms with van der Waals surface area (Å²) in [5, 5.41) is 14.8. The zero-order chi connectivity index (χ0) is 18.8. The van der Waals surface area contributed by atoms with E-state index in [9.17, 15) is 4.79 Å². The van der Waals surface area contributed by atoms with Crippen LogP contribution in [0.15, 0.2) is 41.3 Å². The molecule has 0 radical (unpaired) electrons. The molecule has 3 heterocycles. The first-order chi connectivity index (χ1) is 13.1. The third-order valence-electron chi connectivity index (χ3n) is 4.40. The molecule has 0 saturated carbocycles. The number of nitrogens with zero attached hydrogens (tertiary/aromatic N) is 5. The Balaban J connectivity index is 1.63. The van der Waals surface area contributed by atoms with Crippen LogP contribution in [0.1, 0.15) is 30.2 Å². The Morgan fingerprint density at radius 1 is 1.19 bits per heavy atom. The lowest BCUT2D eigenvalue weighted by molar-refractivity contribution is 0.769. The van der Waals surface area contributed by atoms with Crippen molar-refractivity contribution < 1.29 is 0 Å². The number of fused-ring (bicyclic) bond motifs is 1. The highest BCUT2D eigenvalue weighted by atomic mass is 16.1. The maximum absolute atomic E-state index is 11.3. The van der Waals surface area contributed by atoms with E-state index in [1.807, 2.05) is 32.2 Å². The van der Waals surface area contributed by atoms with Crippen LogP contribution in [0, 0.1) is 0 Å². The molecule has 4 rings (SSSR count). The summed E-state index contributed by atoms with van der Waals surface area (Å²) in [7, 11) is 1.86. The normalized spacial score (nSPS) is 12.4. The minimum Gasteiger partial charge on any atom is -0.360 e. The first-order valence-corrected chi connectivity index (χ1v) is 8.74. The van der Waals surface area contributed by atoms with Crippen molar-refractivity contribution >= 4 is 16.9 Å². The summed E-state index contributed by atoms with van der Waals surface area (Å²) >= 11 is 0. The Labute approximate surface area is 154 Å². The minimum absolute atomic E-state index is 0.232. The highest BCUT2D eigenvalue weighted by Crippen LogP contribution is 2.23. The number of anilines is 1. The van der Waals surface area contributed by atoms with Gasteiger partial charge < -0.3 is 5.32 Å². The molecule has 0 aliphatic rings. The minimum atomic E-state index is -0.337. The van der Waals surface area contributed by atoms with Crippen molar-refractivity contribution in [1.82, 2.24) is 34.9 Å². The predicted octanol–water partition coefficient (Wildman–Crippen LogP) is 1.73. The summed E-state index contributed by atoms with van der Waals surface area (Å²) in [5.74, 6) is 1.93. The van der Waals surface area contributed by atoms with Gasteiger partial charge in [0.25, 0.3) is 0 Å². The van der Waals surface area contributed by atoms with Crippen molar-refractivity contribution in [3.63, 3.8) is 0 Å². The van der Waals surface area contributed by atoms with Gasteiger partial charge in [0.05, 0.1) is 17.6 Å². The van der Waals surface area contributed by atoms with Crippen LogP contribution in [0.25, 0.3) is 11.0 Å². The number of nitrogens with one attached hydrogen (secondary N) is 3. The van der Waals surface area contributed by atoms with Crippen molar-refractivity contribution in [1.29, 1.82) is 0 Å². The average molecular weight is 364 g/mol. The number of hydrogen-bond acceptors (Lipinski definition) is 6. The van der Waals surface area contributed by atoms with Crippen LogP contribution in [0.2, 0.25) is 0 Å². The molecule has 0 aliphatic carbocycles. The van der Waals surface area contributed by atoms with Crippen LogP contribution < -0.4 is 11.0 Å².